The third kappa shape index (κ3) is 3.20. The zero-order valence-electron chi connectivity index (χ0n) is 9.73. The van der Waals surface area contributed by atoms with E-state index in [2.05, 4.69) is 11.2 Å². The zero-order chi connectivity index (χ0) is 12.0. The van der Waals surface area contributed by atoms with E-state index in [1.165, 1.54) is 0 Å². The molecule has 0 aromatic carbocycles. The van der Waals surface area contributed by atoms with Gasteiger partial charge in [-0.15, -0.1) is 6.42 Å². The van der Waals surface area contributed by atoms with Crippen LogP contribution >= 0.6 is 0 Å². The van der Waals surface area contributed by atoms with E-state index in [1.807, 2.05) is 0 Å². The van der Waals surface area contributed by atoms with Gasteiger partial charge in [0.1, 0.15) is 12.2 Å². The first-order chi connectivity index (χ1) is 7.72. The Morgan fingerprint density at radius 1 is 1.44 bits per heavy atom. The van der Waals surface area contributed by atoms with E-state index in [1.54, 1.807) is 19.1 Å². The molecule has 0 aromatic rings. The maximum Gasteiger partial charge on any atom is 0.236 e. The maximum atomic E-state index is 11.7. The first kappa shape index (κ1) is 13.0. The molecule has 1 rings (SSSR count). The van der Waals surface area contributed by atoms with E-state index in [9.17, 15) is 4.79 Å². The number of rotatable bonds is 5. The molecular weight excluding hydrogens is 208 g/mol. The first-order valence-electron chi connectivity index (χ1n) is 5.20. The second-order valence-corrected chi connectivity index (χ2v) is 3.65. The molecule has 0 aromatic heterocycles. The molecule has 0 radical (unpaired) electrons. The molecular formula is C11H18N2O3. The van der Waals surface area contributed by atoms with Gasteiger partial charge in [-0.1, -0.05) is 5.92 Å². The van der Waals surface area contributed by atoms with E-state index >= 15 is 0 Å². The molecule has 1 N–H and O–H groups in total. The highest BCUT2D eigenvalue weighted by Crippen LogP contribution is 2.15. The van der Waals surface area contributed by atoms with E-state index in [-0.39, 0.29) is 24.7 Å². The molecule has 0 spiro atoms. The summed E-state index contributed by atoms with van der Waals surface area (Å²) in [6.45, 7) is 1.81. The second kappa shape index (κ2) is 6.48. The van der Waals surface area contributed by atoms with Crippen molar-refractivity contribution in [3.63, 3.8) is 0 Å². The summed E-state index contributed by atoms with van der Waals surface area (Å²) in [6, 6.07) is 0. The molecule has 0 bridgehead atoms. The van der Waals surface area contributed by atoms with Crippen molar-refractivity contribution in [3.8, 4) is 12.3 Å². The molecule has 2 unspecified atom stereocenters. The Hall–Kier alpha value is -1.09. The lowest BCUT2D eigenvalue weighted by Crippen LogP contribution is -2.37. The number of terminal acetylenes is 1. The molecule has 0 aliphatic carbocycles. The molecule has 2 atom stereocenters. The molecule has 1 amide bonds. The number of hydrogen-bond donors (Lipinski definition) is 1. The van der Waals surface area contributed by atoms with Crippen LogP contribution < -0.4 is 5.32 Å². The number of carbonyl (C=O) groups is 1. The topological polar surface area (TPSA) is 50.8 Å². The average molecular weight is 226 g/mol. The number of carbonyl (C=O) groups excluding carboxylic acids is 1. The van der Waals surface area contributed by atoms with Gasteiger partial charge in [0.15, 0.2) is 0 Å². The van der Waals surface area contributed by atoms with Gasteiger partial charge in [-0.25, -0.2) is 0 Å². The summed E-state index contributed by atoms with van der Waals surface area (Å²) in [5.41, 5.74) is 0. The number of nitrogens with one attached hydrogen (secondary N) is 1. The lowest BCUT2D eigenvalue weighted by molar-refractivity contribution is -0.129. The van der Waals surface area contributed by atoms with Gasteiger partial charge < -0.3 is 14.4 Å². The van der Waals surface area contributed by atoms with Gasteiger partial charge in [0.25, 0.3) is 0 Å². The molecule has 1 fully saturated rings. The lowest BCUT2D eigenvalue weighted by Gasteiger charge is -2.15. The summed E-state index contributed by atoms with van der Waals surface area (Å²) in [5, 5.41) is 2.87. The van der Waals surface area contributed by atoms with Crippen LogP contribution in [0, 0.1) is 12.3 Å². The monoisotopic (exact) mass is 226 g/mol. The van der Waals surface area contributed by atoms with Crippen LogP contribution in [0.25, 0.3) is 0 Å². The number of likely N-dealkylation sites (tertiary alicyclic amines) is 1. The van der Waals surface area contributed by atoms with Crippen molar-refractivity contribution < 1.29 is 14.3 Å². The lowest BCUT2D eigenvalue weighted by atomic mass is 10.3. The molecule has 5 heteroatoms. The van der Waals surface area contributed by atoms with E-state index in [0.717, 1.165) is 0 Å². The summed E-state index contributed by atoms with van der Waals surface area (Å²) >= 11 is 0. The van der Waals surface area contributed by atoms with Crippen molar-refractivity contribution in [2.45, 2.75) is 12.2 Å². The van der Waals surface area contributed by atoms with Crippen LogP contribution in [-0.2, 0) is 14.3 Å². The smallest absolute Gasteiger partial charge is 0.236 e. The van der Waals surface area contributed by atoms with Crippen molar-refractivity contribution in [2.24, 2.45) is 0 Å². The van der Waals surface area contributed by atoms with E-state index in [4.69, 9.17) is 15.9 Å². The van der Waals surface area contributed by atoms with E-state index in [0.29, 0.717) is 19.6 Å². The van der Waals surface area contributed by atoms with Crippen LogP contribution in [0.1, 0.15) is 0 Å². The average Bonchev–Trinajstić information content (AvgIpc) is 2.72. The van der Waals surface area contributed by atoms with Gasteiger partial charge in [-0.05, 0) is 0 Å². The van der Waals surface area contributed by atoms with Crippen LogP contribution in [-0.4, -0.2) is 63.4 Å². The second-order valence-electron chi connectivity index (χ2n) is 3.65. The Balaban J connectivity index is 2.39. The predicted octanol–water partition coefficient (Wildman–Crippen LogP) is -0.919. The fourth-order valence-corrected chi connectivity index (χ4v) is 1.75. The summed E-state index contributed by atoms with van der Waals surface area (Å²) in [7, 11) is 3.25. The number of nitrogens with zero attached hydrogens (tertiary/aromatic N) is 1. The van der Waals surface area contributed by atoms with E-state index < -0.39 is 0 Å². The van der Waals surface area contributed by atoms with Crippen molar-refractivity contribution in [1.82, 2.24) is 10.2 Å². The number of ether oxygens (including phenoxy) is 2. The highest BCUT2D eigenvalue weighted by molar-refractivity contribution is 5.78. The van der Waals surface area contributed by atoms with Gasteiger partial charge in [0, 0.05) is 27.3 Å². The Bertz CT molecular complexity index is 263. The molecule has 90 valence electrons. The van der Waals surface area contributed by atoms with Crippen molar-refractivity contribution in [1.29, 1.82) is 0 Å². The van der Waals surface area contributed by atoms with Gasteiger partial charge in [0.2, 0.25) is 5.91 Å². The van der Waals surface area contributed by atoms with Crippen molar-refractivity contribution >= 4 is 5.91 Å². The molecule has 1 aliphatic heterocycles. The van der Waals surface area contributed by atoms with Crippen LogP contribution in [0.2, 0.25) is 0 Å². The van der Waals surface area contributed by atoms with Crippen molar-refractivity contribution in [3.05, 3.63) is 0 Å². The predicted molar refractivity (Wildman–Crippen MR) is 59.9 cm³/mol. The quantitative estimate of drug-likeness (QED) is 0.487. The fourth-order valence-electron chi connectivity index (χ4n) is 1.75. The van der Waals surface area contributed by atoms with Crippen LogP contribution in [0.15, 0.2) is 0 Å². The maximum absolute atomic E-state index is 11.7. The molecule has 16 heavy (non-hydrogen) atoms. The minimum Gasteiger partial charge on any atom is -0.377 e. The van der Waals surface area contributed by atoms with Crippen molar-refractivity contribution in [2.75, 3.05) is 40.4 Å². The summed E-state index contributed by atoms with van der Waals surface area (Å²) in [6.07, 6.45) is 5.00. The highest BCUT2D eigenvalue weighted by Gasteiger charge is 2.35. The zero-order valence-corrected chi connectivity index (χ0v) is 9.73. The van der Waals surface area contributed by atoms with Crippen LogP contribution in [0.5, 0.6) is 0 Å². The largest absolute Gasteiger partial charge is 0.377 e. The minimum absolute atomic E-state index is 0.0249. The Morgan fingerprint density at radius 3 is 2.44 bits per heavy atom. The summed E-state index contributed by atoms with van der Waals surface area (Å²) in [4.78, 5) is 13.5. The SMILES string of the molecule is C#CCNCC(=O)N1CC(OC)C(OC)C1. The first-order valence-corrected chi connectivity index (χ1v) is 5.20. The normalized spacial score (nSPS) is 24.4. The molecule has 1 saturated heterocycles. The number of hydrogen-bond acceptors (Lipinski definition) is 4. The molecule has 1 aliphatic rings. The Morgan fingerprint density at radius 2 is 2.00 bits per heavy atom. The fraction of sp³-hybridized carbons (Fsp3) is 0.727. The third-order valence-electron chi connectivity index (χ3n) is 2.68. The Labute approximate surface area is 96.1 Å². The molecule has 0 saturated carbocycles. The number of amides is 1. The standard InChI is InChI=1S/C11H18N2O3/c1-4-5-12-6-11(14)13-7-9(15-2)10(8-13)16-3/h1,9-10,12H,5-8H2,2-3H3. The van der Waals surface area contributed by atoms with Gasteiger partial charge in [-0.2, -0.15) is 0 Å². The Kier molecular flexibility index (Phi) is 5.26. The van der Waals surface area contributed by atoms with Crippen LogP contribution in [0.3, 0.4) is 0 Å². The van der Waals surface area contributed by atoms with Crippen LogP contribution in [0.4, 0.5) is 0 Å². The van der Waals surface area contributed by atoms with Gasteiger partial charge >= 0.3 is 0 Å². The van der Waals surface area contributed by atoms with Gasteiger partial charge in [0.05, 0.1) is 13.1 Å². The minimum atomic E-state index is -0.0402. The summed E-state index contributed by atoms with van der Waals surface area (Å²) < 4.78 is 10.5. The summed E-state index contributed by atoms with van der Waals surface area (Å²) in [5.74, 6) is 2.45. The third-order valence-corrected chi connectivity index (χ3v) is 2.68. The molecule has 5 nitrogen and oxygen atoms in total. The molecule has 1 heterocycles. The van der Waals surface area contributed by atoms with Gasteiger partial charge in [-0.3, -0.25) is 10.1 Å². The highest BCUT2D eigenvalue weighted by atomic mass is 16.5. The number of methoxy groups -OCH3 is 2.